The van der Waals surface area contributed by atoms with Gasteiger partial charge >= 0.3 is 0 Å². The number of aliphatic imine (C=N–C) groups is 1. The smallest absolute Gasteiger partial charge is 0.124 e. The van der Waals surface area contributed by atoms with Crippen LogP contribution in [0.4, 0.5) is 11.4 Å². The van der Waals surface area contributed by atoms with E-state index in [0.29, 0.717) is 10.6 Å². The van der Waals surface area contributed by atoms with Crippen molar-refractivity contribution in [1.82, 2.24) is 0 Å². The Labute approximate surface area is 117 Å². The van der Waals surface area contributed by atoms with Crippen LogP contribution in [0.3, 0.4) is 0 Å². The lowest BCUT2D eigenvalue weighted by Crippen LogP contribution is -2.07. The lowest BCUT2D eigenvalue weighted by atomic mass is 10.2. The number of halogens is 1. The minimum atomic E-state index is 0.165. The van der Waals surface area contributed by atoms with Crippen LogP contribution in [0, 0.1) is 0 Å². The third kappa shape index (κ3) is 3.48. The van der Waals surface area contributed by atoms with Gasteiger partial charge in [-0.05, 0) is 42.5 Å². The molecule has 0 aromatic heterocycles. The quantitative estimate of drug-likeness (QED) is 0.863. The molecule has 0 spiro atoms. The van der Waals surface area contributed by atoms with E-state index in [4.69, 9.17) is 11.6 Å². The van der Waals surface area contributed by atoms with Gasteiger partial charge in [0, 0.05) is 36.6 Å². The zero-order chi connectivity index (χ0) is 13.8. The van der Waals surface area contributed by atoms with E-state index in [2.05, 4.69) is 4.99 Å². The Balaban J connectivity index is 2.20. The molecule has 1 N–H and O–H groups in total. The van der Waals surface area contributed by atoms with E-state index in [1.165, 1.54) is 0 Å². The van der Waals surface area contributed by atoms with E-state index in [9.17, 15) is 5.11 Å². The fourth-order valence-electron chi connectivity index (χ4n) is 1.61. The molecule has 0 amide bonds. The molecule has 0 aliphatic heterocycles. The predicted molar refractivity (Wildman–Crippen MR) is 81.1 cm³/mol. The van der Waals surface area contributed by atoms with Crippen LogP contribution in [0.2, 0.25) is 5.02 Å². The number of hydrogen-bond acceptors (Lipinski definition) is 3. The Kier molecular flexibility index (Phi) is 4.07. The lowest BCUT2D eigenvalue weighted by molar-refractivity contribution is 0.474. The van der Waals surface area contributed by atoms with Gasteiger partial charge in [0.05, 0.1) is 5.69 Å². The van der Waals surface area contributed by atoms with Crippen LogP contribution >= 0.6 is 11.6 Å². The molecule has 0 aliphatic rings. The summed E-state index contributed by atoms with van der Waals surface area (Å²) in [4.78, 5) is 6.34. The summed E-state index contributed by atoms with van der Waals surface area (Å²) in [6, 6.07) is 12.7. The van der Waals surface area contributed by atoms with Crippen molar-refractivity contribution in [3.05, 3.63) is 53.1 Å². The van der Waals surface area contributed by atoms with Gasteiger partial charge in [-0.2, -0.15) is 0 Å². The number of phenolic OH excluding ortho intramolecular Hbond substituents is 1. The fourth-order valence-corrected chi connectivity index (χ4v) is 1.79. The molecule has 0 fully saturated rings. The van der Waals surface area contributed by atoms with Crippen molar-refractivity contribution < 1.29 is 5.11 Å². The molecule has 98 valence electrons. The van der Waals surface area contributed by atoms with Gasteiger partial charge in [-0.15, -0.1) is 0 Å². The van der Waals surface area contributed by atoms with Crippen LogP contribution in [0.5, 0.6) is 5.75 Å². The van der Waals surface area contributed by atoms with E-state index in [-0.39, 0.29) is 5.75 Å². The molecular weight excluding hydrogens is 260 g/mol. The Morgan fingerprint density at radius 3 is 2.42 bits per heavy atom. The Morgan fingerprint density at radius 1 is 1.11 bits per heavy atom. The number of hydrogen-bond donors (Lipinski definition) is 1. The van der Waals surface area contributed by atoms with Gasteiger partial charge < -0.3 is 10.0 Å². The van der Waals surface area contributed by atoms with Crippen molar-refractivity contribution in [3.8, 4) is 5.75 Å². The molecule has 2 rings (SSSR count). The fraction of sp³-hybridized carbons (Fsp3) is 0.133. The first-order valence-electron chi connectivity index (χ1n) is 5.86. The largest absolute Gasteiger partial charge is 0.507 e. The Hall–Kier alpha value is -2.00. The Bertz CT molecular complexity index is 592. The van der Waals surface area contributed by atoms with Crippen molar-refractivity contribution in [2.24, 2.45) is 4.99 Å². The summed E-state index contributed by atoms with van der Waals surface area (Å²) >= 11 is 5.88. The summed E-state index contributed by atoms with van der Waals surface area (Å²) in [5.41, 5.74) is 2.54. The summed E-state index contributed by atoms with van der Waals surface area (Å²) in [5.74, 6) is 0.165. The van der Waals surface area contributed by atoms with Crippen LogP contribution in [0.15, 0.2) is 47.5 Å². The molecule has 4 heteroatoms. The van der Waals surface area contributed by atoms with Gasteiger partial charge in [-0.1, -0.05) is 11.6 Å². The molecular formula is C15H15ClN2O. The summed E-state index contributed by atoms with van der Waals surface area (Å²) in [6.07, 6.45) is 1.60. The van der Waals surface area contributed by atoms with E-state index < -0.39 is 0 Å². The van der Waals surface area contributed by atoms with E-state index in [1.54, 1.807) is 24.4 Å². The predicted octanol–water partition coefficient (Wildman–Crippen LogP) is 3.86. The van der Waals surface area contributed by atoms with Crippen molar-refractivity contribution in [2.75, 3.05) is 19.0 Å². The molecule has 0 atom stereocenters. The highest BCUT2D eigenvalue weighted by molar-refractivity contribution is 6.30. The topological polar surface area (TPSA) is 35.8 Å². The van der Waals surface area contributed by atoms with Crippen molar-refractivity contribution in [1.29, 1.82) is 0 Å². The summed E-state index contributed by atoms with van der Waals surface area (Å²) in [5, 5.41) is 10.2. The molecule has 2 aromatic carbocycles. The lowest BCUT2D eigenvalue weighted by Gasteiger charge is -2.11. The maximum Gasteiger partial charge on any atom is 0.124 e. The molecule has 3 nitrogen and oxygen atoms in total. The number of aromatic hydroxyl groups is 1. The van der Waals surface area contributed by atoms with Gasteiger partial charge in [0.15, 0.2) is 0 Å². The zero-order valence-electron chi connectivity index (χ0n) is 10.8. The third-order valence-electron chi connectivity index (χ3n) is 2.71. The first-order chi connectivity index (χ1) is 9.06. The zero-order valence-corrected chi connectivity index (χ0v) is 11.6. The van der Waals surface area contributed by atoms with Gasteiger partial charge in [0.25, 0.3) is 0 Å². The minimum absolute atomic E-state index is 0.165. The monoisotopic (exact) mass is 274 g/mol. The number of rotatable bonds is 3. The summed E-state index contributed by atoms with van der Waals surface area (Å²) in [6.45, 7) is 0. The molecule has 0 saturated carbocycles. The molecule has 19 heavy (non-hydrogen) atoms. The van der Waals surface area contributed by atoms with E-state index in [1.807, 2.05) is 43.3 Å². The Morgan fingerprint density at radius 2 is 1.79 bits per heavy atom. The number of nitrogens with zero attached hydrogens (tertiary/aromatic N) is 2. The maximum absolute atomic E-state index is 9.67. The normalized spacial score (nSPS) is 10.9. The average molecular weight is 275 g/mol. The second kappa shape index (κ2) is 5.76. The molecule has 0 heterocycles. The van der Waals surface area contributed by atoms with Crippen LogP contribution in [0.1, 0.15) is 5.56 Å². The highest BCUT2D eigenvalue weighted by atomic mass is 35.5. The molecule has 0 saturated heterocycles. The molecule has 0 bridgehead atoms. The SMILES string of the molecule is CN(C)c1ccc(N=Cc2cc(Cl)ccc2O)cc1. The van der Waals surface area contributed by atoms with Crippen LogP contribution in [0.25, 0.3) is 0 Å². The van der Waals surface area contributed by atoms with E-state index in [0.717, 1.165) is 11.4 Å². The standard InChI is InChI=1S/C15H15ClN2O/c1-18(2)14-6-4-13(5-7-14)17-10-11-9-12(16)3-8-15(11)19/h3-10,19H,1-2H3. The number of phenols is 1. The molecule has 0 aliphatic carbocycles. The van der Waals surface area contributed by atoms with Gasteiger partial charge in [0.1, 0.15) is 5.75 Å². The summed E-state index contributed by atoms with van der Waals surface area (Å²) in [7, 11) is 3.98. The highest BCUT2D eigenvalue weighted by Crippen LogP contribution is 2.22. The van der Waals surface area contributed by atoms with Gasteiger partial charge in [-0.25, -0.2) is 0 Å². The molecule has 2 aromatic rings. The highest BCUT2D eigenvalue weighted by Gasteiger charge is 1.99. The van der Waals surface area contributed by atoms with Crippen molar-refractivity contribution >= 4 is 29.2 Å². The minimum Gasteiger partial charge on any atom is -0.507 e. The molecule has 0 radical (unpaired) electrons. The maximum atomic E-state index is 9.67. The van der Waals surface area contributed by atoms with Crippen molar-refractivity contribution in [3.63, 3.8) is 0 Å². The number of anilines is 1. The summed E-state index contributed by atoms with van der Waals surface area (Å²) < 4.78 is 0. The van der Waals surface area contributed by atoms with Crippen LogP contribution in [-0.4, -0.2) is 25.4 Å². The third-order valence-corrected chi connectivity index (χ3v) is 2.94. The van der Waals surface area contributed by atoms with Gasteiger partial charge in [0.2, 0.25) is 0 Å². The van der Waals surface area contributed by atoms with E-state index >= 15 is 0 Å². The average Bonchev–Trinajstić information content (AvgIpc) is 2.40. The van der Waals surface area contributed by atoms with Crippen LogP contribution in [-0.2, 0) is 0 Å². The van der Waals surface area contributed by atoms with Crippen molar-refractivity contribution in [2.45, 2.75) is 0 Å². The second-order valence-corrected chi connectivity index (χ2v) is 4.81. The van der Waals surface area contributed by atoms with Crippen LogP contribution < -0.4 is 4.90 Å². The first kappa shape index (κ1) is 13.4. The molecule has 0 unspecified atom stereocenters. The first-order valence-corrected chi connectivity index (χ1v) is 6.24. The number of benzene rings is 2. The second-order valence-electron chi connectivity index (χ2n) is 4.37. The van der Waals surface area contributed by atoms with Gasteiger partial charge in [-0.3, -0.25) is 4.99 Å².